The molecule has 1 saturated heterocycles. The second-order valence-corrected chi connectivity index (χ2v) is 6.59. The van der Waals surface area contributed by atoms with Crippen LogP contribution in [0.1, 0.15) is 25.8 Å². The third-order valence-corrected chi connectivity index (χ3v) is 5.03. The topological polar surface area (TPSA) is 66.8 Å². The Bertz CT molecular complexity index is 679. The Labute approximate surface area is 135 Å². The van der Waals surface area contributed by atoms with E-state index in [0.717, 1.165) is 11.3 Å². The Morgan fingerprint density at radius 1 is 1.30 bits per heavy atom. The lowest BCUT2D eigenvalue weighted by Gasteiger charge is -2.29. The molecule has 2 aliphatic rings. The number of likely N-dealkylation sites (tertiary alicyclic amines) is 1. The molecule has 5 heteroatoms. The number of carbonyl (C=O) groups is 2. The standard InChI is InChI=1S/C18H21NO4/c1-12(2)18(17(21)22)7-8-19(11-18)16(20)14-9-13-5-3-4-6-15(13)23-10-14/h3-6,9,12H,7-8,10-11H2,1-2H3,(H,21,22). The van der Waals surface area contributed by atoms with Crippen molar-refractivity contribution >= 4 is 18.0 Å². The van der Waals surface area contributed by atoms with Crippen molar-refractivity contribution < 1.29 is 19.4 Å². The van der Waals surface area contributed by atoms with Gasteiger partial charge >= 0.3 is 5.97 Å². The quantitative estimate of drug-likeness (QED) is 0.930. The number of hydrogen-bond donors (Lipinski definition) is 1. The molecule has 5 nitrogen and oxygen atoms in total. The third-order valence-electron chi connectivity index (χ3n) is 5.03. The van der Waals surface area contributed by atoms with Gasteiger partial charge < -0.3 is 14.7 Å². The van der Waals surface area contributed by atoms with Gasteiger partial charge in [-0.15, -0.1) is 0 Å². The first kappa shape index (κ1) is 15.6. The van der Waals surface area contributed by atoms with Crippen LogP contribution < -0.4 is 4.74 Å². The van der Waals surface area contributed by atoms with E-state index in [2.05, 4.69) is 0 Å². The minimum absolute atomic E-state index is 0.0184. The number of benzene rings is 1. The van der Waals surface area contributed by atoms with Gasteiger partial charge in [-0.3, -0.25) is 9.59 Å². The molecule has 1 unspecified atom stereocenters. The molecule has 1 aromatic rings. The maximum atomic E-state index is 12.7. The van der Waals surface area contributed by atoms with E-state index in [-0.39, 0.29) is 25.0 Å². The van der Waals surface area contributed by atoms with Crippen LogP contribution >= 0.6 is 0 Å². The van der Waals surface area contributed by atoms with Crippen LogP contribution in [0.3, 0.4) is 0 Å². The number of carboxylic acid groups (broad SMARTS) is 1. The van der Waals surface area contributed by atoms with Crippen LogP contribution in [-0.4, -0.2) is 41.6 Å². The van der Waals surface area contributed by atoms with E-state index in [4.69, 9.17) is 4.74 Å². The molecule has 1 atom stereocenters. The van der Waals surface area contributed by atoms with E-state index in [0.29, 0.717) is 18.5 Å². The minimum atomic E-state index is -0.844. The van der Waals surface area contributed by atoms with Crippen LogP contribution in [0.5, 0.6) is 5.75 Å². The lowest BCUT2D eigenvalue weighted by Crippen LogP contribution is -2.41. The summed E-state index contributed by atoms with van der Waals surface area (Å²) < 4.78 is 5.63. The summed E-state index contributed by atoms with van der Waals surface area (Å²) in [5.41, 5.74) is 0.618. The first-order valence-corrected chi connectivity index (χ1v) is 7.89. The molecular weight excluding hydrogens is 294 g/mol. The fourth-order valence-electron chi connectivity index (χ4n) is 3.34. The number of nitrogens with zero attached hydrogens (tertiary/aromatic N) is 1. The fourth-order valence-corrected chi connectivity index (χ4v) is 3.34. The molecule has 1 aromatic carbocycles. The molecule has 0 saturated carbocycles. The SMILES string of the molecule is CC(C)C1(C(=O)O)CCN(C(=O)C2=Cc3ccccc3OC2)C1. The Hall–Kier alpha value is -2.30. The maximum Gasteiger partial charge on any atom is 0.311 e. The molecule has 0 bridgehead atoms. The van der Waals surface area contributed by atoms with Gasteiger partial charge in [0.2, 0.25) is 0 Å². The summed E-state index contributed by atoms with van der Waals surface area (Å²) in [6.07, 6.45) is 2.34. The Morgan fingerprint density at radius 2 is 2.04 bits per heavy atom. The van der Waals surface area contributed by atoms with Gasteiger partial charge in [0.25, 0.3) is 5.91 Å². The van der Waals surface area contributed by atoms with E-state index in [1.807, 2.05) is 44.2 Å². The highest BCUT2D eigenvalue weighted by Crippen LogP contribution is 2.39. The molecule has 23 heavy (non-hydrogen) atoms. The fraction of sp³-hybridized carbons (Fsp3) is 0.444. The number of hydrogen-bond acceptors (Lipinski definition) is 3. The molecular formula is C18H21NO4. The number of para-hydroxylation sites is 1. The van der Waals surface area contributed by atoms with Gasteiger partial charge in [-0.1, -0.05) is 32.0 Å². The number of carboxylic acids is 1. The lowest BCUT2D eigenvalue weighted by molar-refractivity contribution is -0.151. The van der Waals surface area contributed by atoms with E-state index in [1.54, 1.807) is 4.90 Å². The number of amides is 1. The van der Waals surface area contributed by atoms with Crippen LogP contribution in [-0.2, 0) is 9.59 Å². The van der Waals surface area contributed by atoms with E-state index in [1.165, 1.54) is 0 Å². The van der Waals surface area contributed by atoms with E-state index in [9.17, 15) is 14.7 Å². The van der Waals surface area contributed by atoms with E-state index < -0.39 is 11.4 Å². The third kappa shape index (κ3) is 2.60. The summed E-state index contributed by atoms with van der Waals surface area (Å²) in [6, 6.07) is 7.57. The summed E-state index contributed by atoms with van der Waals surface area (Å²) in [5.74, 6) is -0.187. The van der Waals surface area contributed by atoms with Crippen molar-refractivity contribution in [3.8, 4) is 5.75 Å². The molecule has 1 N–H and O–H groups in total. The second-order valence-electron chi connectivity index (χ2n) is 6.59. The average molecular weight is 315 g/mol. The van der Waals surface area contributed by atoms with Crippen LogP contribution in [0, 0.1) is 11.3 Å². The Balaban J connectivity index is 1.81. The molecule has 1 fully saturated rings. The van der Waals surface area contributed by atoms with Crippen LogP contribution in [0.25, 0.3) is 6.08 Å². The number of fused-ring (bicyclic) bond motifs is 1. The molecule has 0 aromatic heterocycles. The summed E-state index contributed by atoms with van der Waals surface area (Å²) in [4.78, 5) is 26.1. The second kappa shape index (κ2) is 5.72. The molecule has 0 spiro atoms. The zero-order valence-electron chi connectivity index (χ0n) is 13.4. The first-order valence-electron chi connectivity index (χ1n) is 7.89. The predicted octanol–water partition coefficient (Wildman–Crippen LogP) is 2.42. The van der Waals surface area contributed by atoms with Crippen LogP contribution in [0.4, 0.5) is 0 Å². The monoisotopic (exact) mass is 315 g/mol. The molecule has 0 radical (unpaired) electrons. The highest BCUT2D eigenvalue weighted by Gasteiger charge is 2.48. The highest BCUT2D eigenvalue weighted by atomic mass is 16.5. The van der Waals surface area contributed by atoms with Crippen molar-refractivity contribution in [1.82, 2.24) is 4.90 Å². The number of rotatable bonds is 3. The molecule has 2 aliphatic heterocycles. The van der Waals surface area contributed by atoms with Crippen molar-refractivity contribution in [2.45, 2.75) is 20.3 Å². The van der Waals surface area contributed by atoms with E-state index >= 15 is 0 Å². The maximum absolute atomic E-state index is 12.7. The smallest absolute Gasteiger partial charge is 0.311 e. The normalized spacial score (nSPS) is 23.3. The highest BCUT2D eigenvalue weighted by molar-refractivity contribution is 5.99. The number of ether oxygens (including phenoxy) is 1. The summed E-state index contributed by atoms with van der Waals surface area (Å²) in [6.45, 7) is 4.77. The molecule has 2 heterocycles. The minimum Gasteiger partial charge on any atom is -0.488 e. The molecule has 1 amide bonds. The molecule has 0 aliphatic carbocycles. The van der Waals surface area contributed by atoms with Gasteiger partial charge in [0.15, 0.2) is 0 Å². The summed E-state index contributed by atoms with van der Waals surface area (Å²) in [5, 5.41) is 9.60. The van der Waals surface area contributed by atoms with Gasteiger partial charge in [0, 0.05) is 18.7 Å². The van der Waals surface area contributed by atoms with Gasteiger partial charge in [-0.05, 0) is 24.5 Å². The largest absolute Gasteiger partial charge is 0.488 e. The summed E-state index contributed by atoms with van der Waals surface area (Å²) >= 11 is 0. The van der Waals surface area contributed by atoms with Crippen LogP contribution in [0.15, 0.2) is 29.8 Å². The zero-order valence-corrected chi connectivity index (χ0v) is 13.4. The van der Waals surface area contributed by atoms with Crippen molar-refractivity contribution in [3.05, 3.63) is 35.4 Å². The van der Waals surface area contributed by atoms with Crippen LogP contribution in [0.2, 0.25) is 0 Å². The van der Waals surface area contributed by atoms with Gasteiger partial charge in [-0.2, -0.15) is 0 Å². The van der Waals surface area contributed by atoms with Crippen molar-refractivity contribution in [2.24, 2.45) is 11.3 Å². The van der Waals surface area contributed by atoms with Crippen molar-refractivity contribution in [3.63, 3.8) is 0 Å². The lowest BCUT2D eigenvalue weighted by atomic mass is 9.76. The van der Waals surface area contributed by atoms with Crippen molar-refractivity contribution in [1.29, 1.82) is 0 Å². The Morgan fingerprint density at radius 3 is 2.70 bits per heavy atom. The zero-order chi connectivity index (χ0) is 16.6. The molecule has 3 rings (SSSR count). The number of aliphatic carboxylic acids is 1. The summed E-state index contributed by atoms with van der Waals surface area (Å²) in [7, 11) is 0. The first-order chi connectivity index (χ1) is 10.9. The predicted molar refractivity (Wildman–Crippen MR) is 86.0 cm³/mol. The van der Waals surface area contributed by atoms with Gasteiger partial charge in [0.05, 0.1) is 11.0 Å². The molecule has 122 valence electrons. The number of carbonyl (C=O) groups excluding carboxylic acids is 1. The van der Waals surface area contributed by atoms with Gasteiger partial charge in [-0.25, -0.2) is 0 Å². The Kier molecular flexibility index (Phi) is 3.88. The average Bonchev–Trinajstić information content (AvgIpc) is 3.00. The van der Waals surface area contributed by atoms with Crippen molar-refractivity contribution in [2.75, 3.05) is 19.7 Å². The van der Waals surface area contributed by atoms with Gasteiger partial charge in [0.1, 0.15) is 12.4 Å².